The van der Waals surface area contributed by atoms with Gasteiger partial charge in [0.2, 0.25) is 0 Å². The van der Waals surface area contributed by atoms with Crippen LogP contribution in [0.15, 0.2) is 57.9 Å². The summed E-state index contributed by atoms with van der Waals surface area (Å²) < 4.78 is 0.795. The molecule has 0 radical (unpaired) electrons. The lowest BCUT2D eigenvalue weighted by Crippen LogP contribution is -2.36. The number of rotatable bonds is 4. The van der Waals surface area contributed by atoms with Gasteiger partial charge >= 0.3 is 0 Å². The number of hydrogen-bond acceptors (Lipinski definition) is 2. The molecular weight excluding hydrogens is 346 g/mol. The van der Waals surface area contributed by atoms with Crippen LogP contribution in [0.25, 0.3) is 0 Å². The Morgan fingerprint density at radius 1 is 1.19 bits per heavy atom. The molecular formula is C17H18BrNOS. The van der Waals surface area contributed by atoms with Gasteiger partial charge in [0.1, 0.15) is 0 Å². The van der Waals surface area contributed by atoms with E-state index in [-0.39, 0.29) is 11.9 Å². The molecule has 0 saturated carbocycles. The normalized spacial score (nSPS) is 10.7. The van der Waals surface area contributed by atoms with Crippen molar-refractivity contribution < 1.29 is 4.79 Å². The van der Waals surface area contributed by atoms with Gasteiger partial charge < -0.3 is 4.90 Å². The summed E-state index contributed by atoms with van der Waals surface area (Å²) in [6.45, 7) is 4.65. The molecule has 0 bridgehead atoms. The lowest BCUT2D eigenvalue weighted by molar-refractivity contribution is 0.0689. The first-order valence-electron chi connectivity index (χ1n) is 6.82. The number of carbonyl (C=O) groups excluding carboxylic acids is 1. The van der Waals surface area contributed by atoms with Crippen LogP contribution in [0.5, 0.6) is 0 Å². The maximum absolute atomic E-state index is 12.8. The quantitative estimate of drug-likeness (QED) is 0.774. The molecule has 1 amide bonds. The van der Waals surface area contributed by atoms with E-state index in [1.54, 1.807) is 6.07 Å². The molecule has 0 aliphatic heterocycles. The molecule has 0 unspecified atom stereocenters. The van der Waals surface area contributed by atoms with E-state index >= 15 is 0 Å². The molecule has 0 saturated heterocycles. The molecule has 0 aromatic heterocycles. The van der Waals surface area contributed by atoms with Crippen LogP contribution in [0.2, 0.25) is 0 Å². The Balaban J connectivity index is 2.30. The largest absolute Gasteiger partial charge is 0.332 e. The minimum absolute atomic E-state index is 0.0108. The first kappa shape index (κ1) is 16.1. The van der Waals surface area contributed by atoms with E-state index < -0.39 is 0 Å². The van der Waals surface area contributed by atoms with E-state index in [9.17, 15) is 4.79 Å². The van der Waals surface area contributed by atoms with Crippen LogP contribution < -0.4 is 0 Å². The number of thiol groups is 1. The second-order valence-corrected chi connectivity index (χ2v) is 6.55. The fraction of sp³-hybridized carbons (Fsp3) is 0.235. The number of nitrogens with zero attached hydrogens (tertiary/aromatic N) is 1. The molecule has 0 fully saturated rings. The number of halogens is 1. The number of amides is 1. The van der Waals surface area contributed by atoms with Gasteiger partial charge in [0.05, 0.1) is 5.56 Å². The Kier molecular flexibility index (Phi) is 5.48. The second kappa shape index (κ2) is 7.14. The van der Waals surface area contributed by atoms with Crippen molar-refractivity contribution in [2.45, 2.75) is 31.3 Å². The third-order valence-corrected chi connectivity index (χ3v) is 4.23. The highest BCUT2D eigenvalue weighted by molar-refractivity contribution is 9.10. The van der Waals surface area contributed by atoms with Crippen LogP contribution in [0.1, 0.15) is 29.8 Å². The molecule has 0 heterocycles. The standard InChI is InChI=1S/C17H18BrNOS/c1-12(2)19(11-13-6-4-3-5-7-13)17(20)15-10-14(21)8-9-16(15)18/h3-10,12,21H,11H2,1-2H3. The second-order valence-electron chi connectivity index (χ2n) is 5.18. The fourth-order valence-corrected chi connectivity index (χ4v) is 2.72. The van der Waals surface area contributed by atoms with Gasteiger partial charge in [-0.3, -0.25) is 4.79 Å². The summed E-state index contributed by atoms with van der Waals surface area (Å²) >= 11 is 7.78. The molecule has 2 rings (SSSR count). The lowest BCUT2D eigenvalue weighted by Gasteiger charge is -2.27. The van der Waals surface area contributed by atoms with Crippen LogP contribution in [-0.2, 0) is 6.54 Å². The highest BCUT2D eigenvalue weighted by Gasteiger charge is 2.21. The van der Waals surface area contributed by atoms with E-state index in [2.05, 4.69) is 28.6 Å². The smallest absolute Gasteiger partial charge is 0.255 e. The zero-order valence-corrected chi connectivity index (χ0v) is 14.6. The molecule has 0 aliphatic rings. The average molecular weight is 364 g/mol. The number of carbonyl (C=O) groups is 1. The highest BCUT2D eigenvalue weighted by Crippen LogP contribution is 2.23. The van der Waals surface area contributed by atoms with Crippen molar-refractivity contribution >= 4 is 34.5 Å². The van der Waals surface area contributed by atoms with Crippen LogP contribution in [-0.4, -0.2) is 16.8 Å². The Morgan fingerprint density at radius 3 is 2.48 bits per heavy atom. The lowest BCUT2D eigenvalue weighted by atomic mass is 10.1. The SMILES string of the molecule is CC(C)N(Cc1ccccc1)C(=O)c1cc(S)ccc1Br. The molecule has 0 aliphatic carbocycles. The molecule has 2 nitrogen and oxygen atoms in total. The Hall–Kier alpha value is -1.26. The van der Waals surface area contributed by atoms with Gasteiger partial charge in [-0.25, -0.2) is 0 Å². The summed E-state index contributed by atoms with van der Waals surface area (Å²) in [6.07, 6.45) is 0. The summed E-state index contributed by atoms with van der Waals surface area (Å²) in [6, 6.07) is 15.7. The Bertz CT molecular complexity index is 628. The molecule has 2 aromatic rings. The van der Waals surface area contributed by atoms with E-state index in [4.69, 9.17) is 0 Å². The van der Waals surface area contributed by atoms with Gasteiger partial charge in [-0.1, -0.05) is 30.3 Å². The van der Waals surface area contributed by atoms with Crippen LogP contribution in [0, 0.1) is 0 Å². The third kappa shape index (κ3) is 4.11. The van der Waals surface area contributed by atoms with E-state index in [0.29, 0.717) is 12.1 Å². The predicted octanol–water partition coefficient (Wildman–Crippen LogP) is 4.79. The summed E-state index contributed by atoms with van der Waals surface area (Å²) in [5.41, 5.74) is 1.77. The maximum Gasteiger partial charge on any atom is 0.255 e. The minimum atomic E-state index is 0.0108. The average Bonchev–Trinajstić information content (AvgIpc) is 2.47. The van der Waals surface area contributed by atoms with E-state index in [0.717, 1.165) is 14.9 Å². The van der Waals surface area contributed by atoms with Crippen molar-refractivity contribution in [1.82, 2.24) is 4.90 Å². The van der Waals surface area contributed by atoms with Crippen LogP contribution in [0.3, 0.4) is 0 Å². The summed E-state index contributed by atoms with van der Waals surface area (Å²) in [7, 11) is 0. The summed E-state index contributed by atoms with van der Waals surface area (Å²) in [5, 5.41) is 0. The van der Waals surface area contributed by atoms with Crippen molar-refractivity contribution in [3.63, 3.8) is 0 Å². The van der Waals surface area contributed by atoms with E-state index in [1.807, 2.05) is 61.2 Å². The highest BCUT2D eigenvalue weighted by atomic mass is 79.9. The number of benzene rings is 2. The van der Waals surface area contributed by atoms with Gasteiger partial charge in [-0.2, -0.15) is 0 Å². The number of hydrogen-bond donors (Lipinski definition) is 1. The molecule has 0 N–H and O–H groups in total. The Labute approximate surface area is 139 Å². The van der Waals surface area contributed by atoms with Gasteiger partial charge in [-0.05, 0) is 53.5 Å². The molecule has 0 spiro atoms. The molecule has 110 valence electrons. The molecule has 21 heavy (non-hydrogen) atoms. The van der Waals surface area contributed by atoms with Crippen molar-refractivity contribution in [3.8, 4) is 0 Å². The first-order valence-corrected chi connectivity index (χ1v) is 8.06. The monoisotopic (exact) mass is 363 g/mol. The van der Waals surface area contributed by atoms with Crippen molar-refractivity contribution in [3.05, 3.63) is 64.1 Å². The molecule has 4 heteroatoms. The summed E-state index contributed by atoms with van der Waals surface area (Å²) in [4.78, 5) is 15.5. The predicted molar refractivity (Wildman–Crippen MR) is 92.8 cm³/mol. The van der Waals surface area contributed by atoms with Gasteiger partial charge in [-0.15, -0.1) is 12.6 Å². The zero-order chi connectivity index (χ0) is 15.4. The third-order valence-electron chi connectivity index (χ3n) is 3.26. The summed E-state index contributed by atoms with van der Waals surface area (Å²) in [5.74, 6) is 0.0108. The van der Waals surface area contributed by atoms with Crippen molar-refractivity contribution in [2.75, 3.05) is 0 Å². The van der Waals surface area contributed by atoms with Crippen LogP contribution in [0.4, 0.5) is 0 Å². The van der Waals surface area contributed by atoms with Gasteiger partial charge in [0.15, 0.2) is 0 Å². The fourth-order valence-electron chi connectivity index (χ4n) is 2.10. The maximum atomic E-state index is 12.8. The van der Waals surface area contributed by atoms with Crippen molar-refractivity contribution in [1.29, 1.82) is 0 Å². The van der Waals surface area contributed by atoms with Crippen molar-refractivity contribution in [2.24, 2.45) is 0 Å². The zero-order valence-electron chi connectivity index (χ0n) is 12.1. The minimum Gasteiger partial charge on any atom is -0.332 e. The topological polar surface area (TPSA) is 20.3 Å². The van der Waals surface area contributed by atoms with Gasteiger partial charge in [0, 0.05) is 22.0 Å². The Morgan fingerprint density at radius 2 is 1.86 bits per heavy atom. The first-order chi connectivity index (χ1) is 9.99. The van der Waals surface area contributed by atoms with Gasteiger partial charge in [0.25, 0.3) is 5.91 Å². The molecule has 2 aromatic carbocycles. The molecule has 0 atom stereocenters. The van der Waals surface area contributed by atoms with Crippen LogP contribution >= 0.6 is 28.6 Å². The van der Waals surface area contributed by atoms with E-state index in [1.165, 1.54) is 0 Å².